The van der Waals surface area contributed by atoms with Gasteiger partial charge < -0.3 is 23.7 Å². The van der Waals surface area contributed by atoms with Crippen molar-refractivity contribution in [2.45, 2.75) is 71.2 Å². The van der Waals surface area contributed by atoms with E-state index >= 15 is 0 Å². The first kappa shape index (κ1) is 18.7. The number of hydrogen-bond acceptors (Lipinski definition) is 8. The fraction of sp³-hybridized carbons (Fsp3) is 0.812. The Balaban J connectivity index is 2.26. The SMILES string of the molecule is CC(=O)OC[C@H]1C[C@H](OC(C)=O)[C@H](OC(C)=O)[C@H]2OC(C)(C)O[C@@H]12. The normalized spacial score (nSPS) is 34.1. The molecule has 0 radical (unpaired) electrons. The lowest BCUT2D eigenvalue weighted by molar-refractivity contribution is -0.193. The van der Waals surface area contributed by atoms with E-state index in [1.165, 1.54) is 20.8 Å². The molecule has 1 heterocycles. The van der Waals surface area contributed by atoms with Crippen molar-refractivity contribution in [2.24, 2.45) is 5.92 Å². The highest BCUT2D eigenvalue weighted by Crippen LogP contribution is 2.42. The fourth-order valence-corrected chi connectivity index (χ4v) is 3.26. The lowest BCUT2D eigenvalue weighted by atomic mass is 9.81. The average Bonchev–Trinajstić information content (AvgIpc) is 2.74. The van der Waals surface area contributed by atoms with Crippen LogP contribution in [0, 0.1) is 5.92 Å². The Labute approximate surface area is 140 Å². The Morgan fingerprint density at radius 2 is 1.54 bits per heavy atom. The highest BCUT2D eigenvalue weighted by Gasteiger charge is 2.56. The van der Waals surface area contributed by atoms with Gasteiger partial charge in [0.25, 0.3) is 0 Å². The minimum Gasteiger partial charge on any atom is -0.465 e. The van der Waals surface area contributed by atoms with Crippen LogP contribution in [0.15, 0.2) is 0 Å². The van der Waals surface area contributed by atoms with Crippen molar-refractivity contribution >= 4 is 17.9 Å². The van der Waals surface area contributed by atoms with Gasteiger partial charge in [0.05, 0.1) is 12.7 Å². The van der Waals surface area contributed by atoms with Gasteiger partial charge in [0.1, 0.15) is 12.2 Å². The first-order valence-corrected chi connectivity index (χ1v) is 7.92. The molecule has 0 aromatic carbocycles. The van der Waals surface area contributed by atoms with Crippen LogP contribution in [0.3, 0.4) is 0 Å². The molecular formula is C16H24O8. The molecular weight excluding hydrogens is 320 g/mol. The monoisotopic (exact) mass is 344 g/mol. The highest BCUT2D eigenvalue weighted by atomic mass is 16.8. The van der Waals surface area contributed by atoms with Crippen molar-refractivity contribution in [3.63, 3.8) is 0 Å². The molecule has 24 heavy (non-hydrogen) atoms. The van der Waals surface area contributed by atoms with Crippen LogP contribution < -0.4 is 0 Å². The van der Waals surface area contributed by atoms with Gasteiger partial charge in [-0.15, -0.1) is 0 Å². The lowest BCUT2D eigenvalue weighted by Gasteiger charge is -2.40. The largest absolute Gasteiger partial charge is 0.465 e. The summed E-state index contributed by atoms with van der Waals surface area (Å²) in [5, 5.41) is 0. The van der Waals surface area contributed by atoms with E-state index in [4.69, 9.17) is 23.7 Å². The highest BCUT2D eigenvalue weighted by molar-refractivity contribution is 5.67. The van der Waals surface area contributed by atoms with Crippen LogP contribution in [-0.2, 0) is 38.1 Å². The molecule has 0 unspecified atom stereocenters. The van der Waals surface area contributed by atoms with Gasteiger partial charge in [-0.25, -0.2) is 0 Å². The zero-order valence-corrected chi connectivity index (χ0v) is 14.6. The average molecular weight is 344 g/mol. The second-order valence-electron chi connectivity index (χ2n) is 6.59. The first-order chi connectivity index (χ1) is 11.1. The van der Waals surface area contributed by atoms with Crippen molar-refractivity contribution < 1.29 is 38.1 Å². The summed E-state index contributed by atoms with van der Waals surface area (Å²) in [7, 11) is 0. The number of carbonyl (C=O) groups is 3. The third-order valence-electron chi connectivity index (χ3n) is 3.97. The van der Waals surface area contributed by atoms with Crippen molar-refractivity contribution in [2.75, 3.05) is 6.61 Å². The molecule has 136 valence electrons. The van der Waals surface area contributed by atoms with Crippen LogP contribution in [0.2, 0.25) is 0 Å². The van der Waals surface area contributed by atoms with Crippen molar-refractivity contribution in [1.82, 2.24) is 0 Å². The second-order valence-corrected chi connectivity index (χ2v) is 6.59. The zero-order valence-electron chi connectivity index (χ0n) is 14.6. The second kappa shape index (κ2) is 7.06. The smallest absolute Gasteiger partial charge is 0.303 e. The molecule has 0 spiro atoms. The van der Waals surface area contributed by atoms with Gasteiger partial charge in [0, 0.05) is 26.7 Å². The molecule has 2 aliphatic rings. The van der Waals surface area contributed by atoms with Crippen molar-refractivity contribution in [3.8, 4) is 0 Å². The maximum absolute atomic E-state index is 11.5. The number of fused-ring (bicyclic) bond motifs is 1. The third kappa shape index (κ3) is 4.45. The van der Waals surface area contributed by atoms with Gasteiger partial charge in [-0.2, -0.15) is 0 Å². The third-order valence-corrected chi connectivity index (χ3v) is 3.97. The Hall–Kier alpha value is -1.67. The van der Waals surface area contributed by atoms with Crippen LogP contribution in [-0.4, -0.2) is 54.7 Å². The summed E-state index contributed by atoms with van der Waals surface area (Å²) < 4.78 is 27.6. The van der Waals surface area contributed by atoms with Gasteiger partial charge in [-0.1, -0.05) is 0 Å². The van der Waals surface area contributed by atoms with Gasteiger partial charge in [0.15, 0.2) is 11.9 Å². The van der Waals surface area contributed by atoms with Crippen molar-refractivity contribution in [3.05, 3.63) is 0 Å². The van der Waals surface area contributed by atoms with E-state index in [-0.39, 0.29) is 12.5 Å². The molecule has 0 N–H and O–H groups in total. The van der Waals surface area contributed by atoms with Gasteiger partial charge in [0.2, 0.25) is 0 Å². The lowest BCUT2D eigenvalue weighted by Crippen LogP contribution is -2.56. The molecule has 2 fully saturated rings. The maximum atomic E-state index is 11.5. The van der Waals surface area contributed by atoms with Crippen LogP contribution >= 0.6 is 0 Å². The molecule has 0 amide bonds. The summed E-state index contributed by atoms with van der Waals surface area (Å²) in [5.41, 5.74) is 0. The summed E-state index contributed by atoms with van der Waals surface area (Å²) in [6, 6.07) is 0. The van der Waals surface area contributed by atoms with E-state index in [0.29, 0.717) is 6.42 Å². The topological polar surface area (TPSA) is 97.4 Å². The van der Waals surface area contributed by atoms with E-state index in [0.717, 1.165) is 0 Å². The number of esters is 3. The molecule has 5 atom stereocenters. The van der Waals surface area contributed by atoms with E-state index in [2.05, 4.69) is 0 Å². The number of ether oxygens (including phenoxy) is 5. The predicted molar refractivity (Wildman–Crippen MR) is 79.7 cm³/mol. The van der Waals surface area contributed by atoms with E-state index in [9.17, 15) is 14.4 Å². The fourth-order valence-electron chi connectivity index (χ4n) is 3.26. The summed E-state index contributed by atoms with van der Waals surface area (Å²) in [4.78, 5) is 34.0. The minimum atomic E-state index is -0.882. The number of rotatable bonds is 4. The Morgan fingerprint density at radius 1 is 0.958 bits per heavy atom. The van der Waals surface area contributed by atoms with E-state index < -0.39 is 48.1 Å². The van der Waals surface area contributed by atoms with E-state index in [1.54, 1.807) is 13.8 Å². The Morgan fingerprint density at radius 3 is 2.08 bits per heavy atom. The molecule has 2 rings (SSSR count). The van der Waals surface area contributed by atoms with Crippen LogP contribution in [0.1, 0.15) is 41.0 Å². The van der Waals surface area contributed by atoms with Gasteiger partial charge >= 0.3 is 17.9 Å². The Bertz CT molecular complexity index is 514. The van der Waals surface area contributed by atoms with E-state index in [1.807, 2.05) is 0 Å². The molecule has 8 nitrogen and oxygen atoms in total. The van der Waals surface area contributed by atoms with Crippen LogP contribution in [0.25, 0.3) is 0 Å². The Kier molecular flexibility index (Phi) is 5.49. The molecule has 8 heteroatoms. The molecule has 0 aromatic heterocycles. The summed E-state index contributed by atoms with van der Waals surface area (Å²) in [5.74, 6) is -2.51. The summed E-state index contributed by atoms with van der Waals surface area (Å²) >= 11 is 0. The molecule has 1 saturated carbocycles. The minimum absolute atomic E-state index is 0.112. The van der Waals surface area contributed by atoms with Crippen molar-refractivity contribution in [1.29, 1.82) is 0 Å². The van der Waals surface area contributed by atoms with Gasteiger partial charge in [-0.05, 0) is 20.3 Å². The molecule has 0 aromatic rings. The van der Waals surface area contributed by atoms with Crippen LogP contribution in [0.4, 0.5) is 0 Å². The first-order valence-electron chi connectivity index (χ1n) is 7.92. The molecule has 1 aliphatic heterocycles. The predicted octanol–water partition coefficient (Wildman–Crippen LogP) is 0.953. The molecule has 1 saturated heterocycles. The van der Waals surface area contributed by atoms with Gasteiger partial charge in [-0.3, -0.25) is 14.4 Å². The zero-order chi connectivity index (χ0) is 18.1. The molecule has 1 aliphatic carbocycles. The quantitative estimate of drug-likeness (QED) is 0.549. The number of carbonyl (C=O) groups excluding carboxylic acids is 3. The maximum Gasteiger partial charge on any atom is 0.303 e. The summed E-state index contributed by atoms with van der Waals surface area (Å²) in [6.45, 7) is 7.50. The molecule has 0 bridgehead atoms. The summed E-state index contributed by atoms with van der Waals surface area (Å²) in [6.07, 6.45) is -2.17. The number of hydrogen-bond donors (Lipinski definition) is 0. The van der Waals surface area contributed by atoms with Crippen LogP contribution in [0.5, 0.6) is 0 Å². The standard InChI is InChI=1S/C16H24O8/c1-8(17)20-7-11-6-12(21-9(2)18)14(22-10(3)19)15-13(11)23-16(4,5)24-15/h11-15H,6-7H2,1-5H3/t11-,12+,13+,14+,15+/m1/s1.